The number of benzene rings is 3. The van der Waals surface area contributed by atoms with E-state index in [1.807, 2.05) is 30.3 Å². The maximum atomic E-state index is 12.9. The summed E-state index contributed by atoms with van der Waals surface area (Å²) in [6, 6.07) is 16.9. The summed E-state index contributed by atoms with van der Waals surface area (Å²) >= 11 is 0. The first-order valence-corrected chi connectivity index (χ1v) is 10.2. The van der Waals surface area contributed by atoms with Gasteiger partial charge in [0.2, 0.25) is 5.75 Å². The maximum Gasteiger partial charge on any atom is 0.422 e. The Kier molecular flexibility index (Phi) is 7.88. The van der Waals surface area contributed by atoms with Gasteiger partial charge >= 0.3 is 6.18 Å². The van der Waals surface area contributed by atoms with Crippen LogP contribution in [0.25, 0.3) is 0 Å². The van der Waals surface area contributed by atoms with Crippen LogP contribution in [0.1, 0.15) is 21.5 Å². The van der Waals surface area contributed by atoms with E-state index in [1.165, 1.54) is 38.5 Å². The van der Waals surface area contributed by atoms with E-state index in [2.05, 4.69) is 5.32 Å². The van der Waals surface area contributed by atoms with Crippen LogP contribution in [-0.4, -0.2) is 32.9 Å². The standard InChI is InChI=1S/C25H24F3NO5/c1-16-9-10-19(20(11-16)34-15-25(26,27)28)29-24(30)18-12-21(31-2)23(22(13-18)32-3)33-14-17-7-5-4-6-8-17/h4-13H,14-15H2,1-3H3,(H,29,30). The molecule has 0 unspecified atom stereocenters. The average molecular weight is 475 g/mol. The normalized spacial score (nSPS) is 11.0. The van der Waals surface area contributed by atoms with Crippen molar-refractivity contribution in [2.24, 2.45) is 0 Å². The monoisotopic (exact) mass is 475 g/mol. The summed E-state index contributed by atoms with van der Waals surface area (Å²) in [6.07, 6.45) is -4.51. The van der Waals surface area contributed by atoms with E-state index in [9.17, 15) is 18.0 Å². The second-order valence-corrected chi connectivity index (χ2v) is 7.34. The number of aryl methyl sites for hydroxylation is 1. The Morgan fingerprint density at radius 1 is 0.882 bits per heavy atom. The highest BCUT2D eigenvalue weighted by atomic mass is 19.4. The number of hydrogen-bond donors (Lipinski definition) is 1. The molecule has 1 N–H and O–H groups in total. The Labute approximate surface area is 195 Å². The lowest BCUT2D eigenvalue weighted by Gasteiger charge is -2.17. The first-order valence-electron chi connectivity index (χ1n) is 10.2. The maximum absolute atomic E-state index is 12.9. The molecule has 0 radical (unpaired) electrons. The van der Waals surface area contributed by atoms with E-state index in [-0.39, 0.29) is 35.1 Å². The van der Waals surface area contributed by atoms with Gasteiger partial charge in [-0.3, -0.25) is 4.79 Å². The molecule has 0 fully saturated rings. The van der Waals surface area contributed by atoms with Crippen LogP contribution < -0.4 is 24.3 Å². The Morgan fingerprint density at radius 2 is 1.53 bits per heavy atom. The quantitative estimate of drug-likeness (QED) is 0.425. The van der Waals surface area contributed by atoms with Crippen LogP contribution in [0.15, 0.2) is 60.7 Å². The van der Waals surface area contributed by atoms with Crippen molar-refractivity contribution in [3.63, 3.8) is 0 Å². The largest absolute Gasteiger partial charge is 0.493 e. The number of carbonyl (C=O) groups is 1. The van der Waals surface area contributed by atoms with E-state index in [1.54, 1.807) is 13.0 Å². The molecule has 0 aromatic heterocycles. The molecular formula is C25H24F3NO5. The number of ether oxygens (including phenoxy) is 4. The van der Waals surface area contributed by atoms with Gasteiger partial charge in [0.25, 0.3) is 5.91 Å². The summed E-state index contributed by atoms with van der Waals surface area (Å²) in [5.74, 6) is 0.157. The van der Waals surface area contributed by atoms with Gasteiger partial charge < -0.3 is 24.3 Å². The van der Waals surface area contributed by atoms with Crippen LogP contribution in [0, 0.1) is 6.92 Å². The topological polar surface area (TPSA) is 66.0 Å². The van der Waals surface area contributed by atoms with Crippen molar-refractivity contribution >= 4 is 11.6 Å². The van der Waals surface area contributed by atoms with Crippen molar-refractivity contribution in [3.05, 3.63) is 77.4 Å². The molecule has 3 aromatic rings. The van der Waals surface area contributed by atoms with Gasteiger partial charge in [0, 0.05) is 5.56 Å². The minimum Gasteiger partial charge on any atom is -0.493 e. The van der Waals surface area contributed by atoms with E-state index in [4.69, 9.17) is 18.9 Å². The second-order valence-electron chi connectivity index (χ2n) is 7.34. The Hall–Kier alpha value is -3.88. The molecule has 6 nitrogen and oxygen atoms in total. The van der Waals surface area contributed by atoms with Gasteiger partial charge in [-0.2, -0.15) is 13.2 Å². The third-order valence-electron chi connectivity index (χ3n) is 4.73. The van der Waals surface area contributed by atoms with Crippen LogP contribution in [0.2, 0.25) is 0 Å². The fourth-order valence-corrected chi connectivity index (χ4v) is 3.09. The molecule has 0 saturated carbocycles. The van der Waals surface area contributed by atoms with E-state index < -0.39 is 18.7 Å². The van der Waals surface area contributed by atoms with Gasteiger partial charge in [-0.05, 0) is 42.3 Å². The lowest BCUT2D eigenvalue weighted by molar-refractivity contribution is -0.153. The number of rotatable bonds is 9. The molecule has 180 valence electrons. The van der Waals surface area contributed by atoms with E-state index in [0.29, 0.717) is 11.3 Å². The summed E-state index contributed by atoms with van der Waals surface area (Å²) < 4.78 is 59.4. The molecule has 3 aromatic carbocycles. The smallest absolute Gasteiger partial charge is 0.422 e. The molecule has 3 rings (SSSR count). The Balaban J connectivity index is 1.84. The zero-order chi connectivity index (χ0) is 24.7. The van der Waals surface area contributed by atoms with Crippen LogP contribution in [0.3, 0.4) is 0 Å². The van der Waals surface area contributed by atoms with Gasteiger partial charge in [0.05, 0.1) is 19.9 Å². The number of halogens is 3. The number of carbonyl (C=O) groups excluding carboxylic acids is 1. The van der Waals surface area contributed by atoms with Crippen molar-refractivity contribution in [2.75, 3.05) is 26.1 Å². The predicted molar refractivity (Wildman–Crippen MR) is 121 cm³/mol. The zero-order valence-corrected chi connectivity index (χ0v) is 18.9. The van der Waals surface area contributed by atoms with Crippen molar-refractivity contribution in [1.82, 2.24) is 0 Å². The molecule has 1 amide bonds. The Morgan fingerprint density at radius 3 is 2.12 bits per heavy atom. The Bertz CT molecular complexity index is 1110. The van der Waals surface area contributed by atoms with Gasteiger partial charge in [-0.1, -0.05) is 36.4 Å². The average Bonchev–Trinajstić information content (AvgIpc) is 2.82. The summed E-state index contributed by atoms with van der Waals surface area (Å²) in [5, 5.41) is 2.59. The molecule has 0 bridgehead atoms. The first kappa shape index (κ1) is 24.8. The summed E-state index contributed by atoms with van der Waals surface area (Å²) in [5.41, 5.74) is 1.86. The molecule has 0 spiro atoms. The number of amides is 1. The summed E-state index contributed by atoms with van der Waals surface area (Å²) in [6.45, 7) is 0.479. The van der Waals surface area contributed by atoms with Gasteiger partial charge in [0.15, 0.2) is 18.1 Å². The van der Waals surface area contributed by atoms with E-state index in [0.717, 1.165) is 5.56 Å². The molecular weight excluding hydrogens is 451 g/mol. The number of hydrogen-bond acceptors (Lipinski definition) is 5. The minimum atomic E-state index is -4.51. The molecule has 9 heteroatoms. The van der Waals surface area contributed by atoms with Gasteiger partial charge in [-0.15, -0.1) is 0 Å². The zero-order valence-electron chi connectivity index (χ0n) is 18.9. The van der Waals surface area contributed by atoms with Crippen molar-refractivity contribution in [3.8, 4) is 23.0 Å². The number of alkyl halides is 3. The minimum absolute atomic E-state index is 0.0904. The van der Waals surface area contributed by atoms with Crippen LogP contribution >= 0.6 is 0 Å². The van der Waals surface area contributed by atoms with Crippen molar-refractivity contribution < 1.29 is 36.9 Å². The fourth-order valence-electron chi connectivity index (χ4n) is 3.09. The SMILES string of the molecule is COc1cc(C(=O)Nc2ccc(C)cc2OCC(F)(F)F)cc(OC)c1OCc1ccccc1. The number of anilines is 1. The summed E-state index contributed by atoms with van der Waals surface area (Å²) in [7, 11) is 2.85. The third kappa shape index (κ3) is 6.57. The van der Waals surface area contributed by atoms with Gasteiger partial charge in [-0.25, -0.2) is 0 Å². The summed E-state index contributed by atoms with van der Waals surface area (Å²) in [4.78, 5) is 12.9. The molecule has 0 heterocycles. The van der Waals surface area contributed by atoms with Crippen molar-refractivity contribution in [1.29, 1.82) is 0 Å². The number of methoxy groups -OCH3 is 2. The molecule has 0 saturated heterocycles. The van der Waals surface area contributed by atoms with Crippen molar-refractivity contribution in [2.45, 2.75) is 19.7 Å². The second kappa shape index (κ2) is 10.8. The molecule has 0 aliphatic heterocycles. The third-order valence-corrected chi connectivity index (χ3v) is 4.73. The lowest BCUT2D eigenvalue weighted by atomic mass is 10.1. The van der Waals surface area contributed by atoms with Gasteiger partial charge in [0.1, 0.15) is 12.4 Å². The lowest BCUT2D eigenvalue weighted by Crippen LogP contribution is -2.20. The van der Waals surface area contributed by atoms with Crippen LogP contribution in [0.4, 0.5) is 18.9 Å². The van der Waals surface area contributed by atoms with E-state index >= 15 is 0 Å². The predicted octanol–water partition coefficient (Wildman–Crippen LogP) is 5.78. The molecule has 0 atom stereocenters. The highest BCUT2D eigenvalue weighted by Crippen LogP contribution is 2.39. The molecule has 0 aliphatic rings. The molecule has 0 aliphatic carbocycles. The highest BCUT2D eigenvalue weighted by molar-refractivity contribution is 6.05. The highest BCUT2D eigenvalue weighted by Gasteiger charge is 2.29. The fraction of sp³-hybridized carbons (Fsp3) is 0.240. The molecule has 34 heavy (non-hydrogen) atoms. The number of nitrogens with one attached hydrogen (secondary N) is 1. The van der Waals surface area contributed by atoms with Crippen LogP contribution in [-0.2, 0) is 6.61 Å². The first-order chi connectivity index (χ1) is 16.2. The van der Waals surface area contributed by atoms with Crippen LogP contribution in [0.5, 0.6) is 23.0 Å².